The van der Waals surface area contributed by atoms with Crippen LogP contribution in [0.1, 0.15) is 98.8 Å². The van der Waals surface area contributed by atoms with Gasteiger partial charge in [0.05, 0.1) is 18.3 Å². The van der Waals surface area contributed by atoms with E-state index in [0.29, 0.717) is 46.3 Å². The van der Waals surface area contributed by atoms with Crippen molar-refractivity contribution in [2.75, 3.05) is 0 Å². The molecule has 0 aromatic heterocycles. The van der Waals surface area contributed by atoms with Crippen LogP contribution in [0.4, 0.5) is 0 Å². The molecule has 4 rings (SSSR count). The fourth-order valence-corrected chi connectivity index (χ4v) is 9.14. The molecule has 11 unspecified atom stereocenters. The van der Waals surface area contributed by atoms with Gasteiger partial charge >= 0.3 is 0 Å². The van der Waals surface area contributed by atoms with Gasteiger partial charge in [0.1, 0.15) is 0 Å². The van der Waals surface area contributed by atoms with Crippen molar-refractivity contribution < 1.29 is 15.3 Å². The summed E-state index contributed by atoms with van der Waals surface area (Å²) in [6, 6.07) is 0. The van der Waals surface area contributed by atoms with E-state index >= 15 is 0 Å². The van der Waals surface area contributed by atoms with Gasteiger partial charge in [0.25, 0.3) is 0 Å². The largest absolute Gasteiger partial charge is 0.393 e. The van der Waals surface area contributed by atoms with Crippen LogP contribution in [-0.4, -0.2) is 33.6 Å². The van der Waals surface area contributed by atoms with Crippen molar-refractivity contribution in [1.82, 2.24) is 0 Å². The minimum absolute atomic E-state index is 0.154. The van der Waals surface area contributed by atoms with Crippen molar-refractivity contribution >= 4 is 0 Å². The fourth-order valence-electron chi connectivity index (χ4n) is 9.14. The molecule has 11 atom stereocenters. The third-order valence-corrected chi connectivity index (χ3v) is 11.1. The Bertz CT molecular complexity index is 605. The minimum Gasteiger partial charge on any atom is -0.393 e. The maximum atomic E-state index is 11.4. The van der Waals surface area contributed by atoms with E-state index in [9.17, 15) is 15.3 Å². The molecule has 0 amide bonds. The smallest absolute Gasteiger partial charge is 0.0577 e. The molecule has 0 aliphatic heterocycles. The molecule has 4 aliphatic carbocycles. The number of hydrogen-bond acceptors (Lipinski definition) is 3. The lowest BCUT2D eigenvalue weighted by molar-refractivity contribution is -0.174. The molecule has 3 N–H and O–H groups in total. The van der Waals surface area contributed by atoms with Crippen LogP contribution < -0.4 is 0 Å². The number of fused-ring (bicyclic) bond motifs is 5. The van der Waals surface area contributed by atoms with Crippen molar-refractivity contribution in [2.45, 2.75) is 117 Å². The maximum Gasteiger partial charge on any atom is 0.0577 e. The Kier molecular flexibility index (Phi) is 6.41. The molecular formula is C27H48O3. The fraction of sp³-hybridized carbons (Fsp3) is 1.00. The van der Waals surface area contributed by atoms with Gasteiger partial charge in [-0.1, -0.05) is 34.6 Å². The zero-order chi connectivity index (χ0) is 21.8. The number of hydrogen-bond donors (Lipinski definition) is 3. The monoisotopic (exact) mass is 420 g/mol. The topological polar surface area (TPSA) is 60.7 Å². The van der Waals surface area contributed by atoms with E-state index in [4.69, 9.17) is 0 Å². The van der Waals surface area contributed by atoms with Gasteiger partial charge in [0.2, 0.25) is 0 Å². The highest BCUT2D eigenvalue weighted by atomic mass is 16.3. The third-order valence-electron chi connectivity index (χ3n) is 11.1. The summed E-state index contributed by atoms with van der Waals surface area (Å²) in [7, 11) is 0. The van der Waals surface area contributed by atoms with Crippen LogP contribution in [0.3, 0.4) is 0 Å². The zero-order valence-corrected chi connectivity index (χ0v) is 20.2. The molecule has 4 aliphatic rings. The van der Waals surface area contributed by atoms with Gasteiger partial charge in [0, 0.05) is 0 Å². The van der Waals surface area contributed by atoms with Crippen molar-refractivity contribution in [3.05, 3.63) is 0 Å². The highest BCUT2D eigenvalue weighted by Gasteiger charge is 2.62. The summed E-state index contributed by atoms with van der Waals surface area (Å²) < 4.78 is 0. The first-order valence-corrected chi connectivity index (χ1v) is 13.1. The van der Waals surface area contributed by atoms with E-state index in [2.05, 4.69) is 34.6 Å². The van der Waals surface area contributed by atoms with Crippen LogP contribution in [0.15, 0.2) is 0 Å². The summed E-state index contributed by atoms with van der Waals surface area (Å²) >= 11 is 0. The van der Waals surface area contributed by atoms with Gasteiger partial charge in [-0.15, -0.1) is 0 Å². The Balaban J connectivity index is 1.50. The Labute approximate surface area is 185 Å². The molecule has 0 heterocycles. The number of rotatable bonds is 5. The predicted molar refractivity (Wildman–Crippen MR) is 122 cm³/mol. The average Bonchev–Trinajstić information content (AvgIpc) is 3.04. The summed E-state index contributed by atoms with van der Waals surface area (Å²) in [5.41, 5.74) is 0.664. The standard InChI is InChI=1S/C27H48O3/c1-16(2)23(29)9-6-17(3)20-7-8-21-25-22(11-13-27(20,21)5)26(4)12-10-19(28)14-18(26)15-24(25)30/h16-25,28-30H,6-15H2,1-5H3. The summed E-state index contributed by atoms with van der Waals surface area (Å²) in [4.78, 5) is 0. The molecule has 3 heteroatoms. The molecule has 174 valence electrons. The van der Waals surface area contributed by atoms with Crippen LogP contribution in [0, 0.1) is 52.3 Å². The summed E-state index contributed by atoms with van der Waals surface area (Å²) in [6.07, 6.45) is 10.6. The SMILES string of the molecule is CC(C)C(O)CCC(C)C1CCC2C3C(O)CC4CC(O)CCC4(C)C3CCC12C. The van der Waals surface area contributed by atoms with E-state index in [1.165, 1.54) is 25.7 Å². The van der Waals surface area contributed by atoms with E-state index in [1.807, 2.05) is 0 Å². The normalized spacial score (nSPS) is 50.5. The highest BCUT2D eigenvalue weighted by Crippen LogP contribution is 2.68. The Hall–Kier alpha value is -0.120. The van der Waals surface area contributed by atoms with Crippen LogP contribution >= 0.6 is 0 Å². The molecule has 0 radical (unpaired) electrons. The first-order chi connectivity index (χ1) is 14.1. The van der Waals surface area contributed by atoms with Crippen LogP contribution in [0.2, 0.25) is 0 Å². The van der Waals surface area contributed by atoms with Gasteiger partial charge in [0.15, 0.2) is 0 Å². The van der Waals surface area contributed by atoms with E-state index < -0.39 is 0 Å². The molecule has 0 bridgehead atoms. The summed E-state index contributed by atoms with van der Waals surface area (Å²) in [5.74, 6) is 3.97. The first kappa shape index (κ1) is 23.1. The second kappa shape index (κ2) is 8.34. The van der Waals surface area contributed by atoms with E-state index in [0.717, 1.165) is 44.4 Å². The van der Waals surface area contributed by atoms with Crippen molar-refractivity contribution in [2.24, 2.45) is 52.3 Å². The van der Waals surface area contributed by atoms with Gasteiger partial charge in [-0.2, -0.15) is 0 Å². The Morgan fingerprint density at radius 3 is 2.20 bits per heavy atom. The lowest BCUT2D eigenvalue weighted by Gasteiger charge is -2.62. The molecule has 0 spiro atoms. The predicted octanol–water partition coefficient (Wildman–Crippen LogP) is 5.41. The third kappa shape index (κ3) is 3.69. The van der Waals surface area contributed by atoms with Gasteiger partial charge in [-0.05, 0) is 116 Å². The van der Waals surface area contributed by atoms with Crippen LogP contribution in [-0.2, 0) is 0 Å². The molecular weight excluding hydrogens is 372 g/mol. The van der Waals surface area contributed by atoms with E-state index in [1.54, 1.807) is 0 Å². The van der Waals surface area contributed by atoms with Gasteiger partial charge in [-0.3, -0.25) is 0 Å². The number of aliphatic hydroxyl groups excluding tert-OH is 3. The summed E-state index contributed by atoms with van der Waals surface area (Å²) in [5, 5.41) is 31.9. The molecule has 30 heavy (non-hydrogen) atoms. The summed E-state index contributed by atoms with van der Waals surface area (Å²) in [6.45, 7) is 11.7. The van der Waals surface area contributed by atoms with Gasteiger partial charge < -0.3 is 15.3 Å². The molecule has 0 saturated heterocycles. The second-order valence-corrected chi connectivity index (χ2v) is 12.8. The highest BCUT2D eigenvalue weighted by molar-refractivity contribution is 5.11. The Morgan fingerprint density at radius 1 is 0.833 bits per heavy atom. The average molecular weight is 421 g/mol. The van der Waals surface area contributed by atoms with Gasteiger partial charge in [-0.25, -0.2) is 0 Å². The maximum absolute atomic E-state index is 11.4. The van der Waals surface area contributed by atoms with Crippen molar-refractivity contribution in [3.63, 3.8) is 0 Å². The number of aliphatic hydroxyl groups is 3. The van der Waals surface area contributed by atoms with Crippen molar-refractivity contribution in [1.29, 1.82) is 0 Å². The lowest BCUT2D eigenvalue weighted by Crippen LogP contribution is -2.58. The lowest BCUT2D eigenvalue weighted by atomic mass is 9.43. The molecule has 0 aromatic rings. The zero-order valence-electron chi connectivity index (χ0n) is 20.2. The van der Waals surface area contributed by atoms with Crippen LogP contribution in [0.25, 0.3) is 0 Å². The minimum atomic E-state index is -0.181. The first-order valence-electron chi connectivity index (χ1n) is 13.1. The quantitative estimate of drug-likeness (QED) is 0.557. The molecule has 4 saturated carbocycles. The Morgan fingerprint density at radius 2 is 1.50 bits per heavy atom. The van der Waals surface area contributed by atoms with Crippen LogP contribution in [0.5, 0.6) is 0 Å². The molecule has 3 nitrogen and oxygen atoms in total. The van der Waals surface area contributed by atoms with Crippen molar-refractivity contribution in [3.8, 4) is 0 Å². The molecule has 0 aromatic carbocycles. The molecule has 4 fully saturated rings. The second-order valence-electron chi connectivity index (χ2n) is 12.8. The van der Waals surface area contributed by atoms with E-state index in [-0.39, 0.29) is 18.3 Å².